The first-order valence-electron chi connectivity index (χ1n) is 7.90. The molecule has 1 fully saturated rings. The van der Waals surface area contributed by atoms with Gasteiger partial charge in [0.15, 0.2) is 6.29 Å². The highest BCUT2D eigenvalue weighted by atomic mass is 127. The normalized spacial score (nSPS) is 25.3. The summed E-state index contributed by atoms with van der Waals surface area (Å²) in [5.74, 6) is 0.969. The topological polar surface area (TPSA) is 27.7 Å². The number of hydrogen-bond donors (Lipinski definition) is 0. The van der Waals surface area contributed by atoms with Crippen LogP contribution in [0.4, 0.5) is 0 Å². The fourth-order valence-electron chi connectivity index (χ4n) is 2.63. The minimum Gasteiger partial charge on any atom is -0.492 e. The van der Waals surface area contributed by atoms with E-state index in [4.69, 9.17) is 14.2 Å². The summed E-state index contributed by atoms with van der Waals surface area (Å²) in [4.78, 5) is 0. The fourth-order valence-corrected chi connectivity index (χ4v) is 5.26. The van der Waals surface area contributed by atoms with Gasteiger partial charge in [-0.1, -0.05) is 13.8 Å². The molecule has 124 valence electrons. The smallest absolute Gasteiger partial charge is 0.186 e. The maximum Gasteiger partial charge on any atom is 0.186 e. The summed E-state index contributed by atoms with van der Waals surface area (Å²) < 4.78 is 20.5. The van der Waals surface area contributed by atoms with E-state index in [0.29, 0.717) is 0 Å². The quantitative estimate of drug-likeness (QED) is 0.465. The number of aryl methyl sites for hydroxylation is 1. The van der Waals surface area contributed by atoms with Crippen molar-refractivity contribution >= 4 is 45.2 Å². The Morgan fingerprint density at radius 1 is 1.27 bits per heavy atom. The summed E-state index contributed by atoms with van der Waals surface area (Å²) >= 11 is 4.74. The average molecular weight is 530 g/mol. The van der Waals surface area contributed by atoms with Crippen molar-refractivity contribution in [2.24, 2.45) is 0 Å². The Morgan fingerprint density at radius 2 is 2.00 bits per heavy atom. The second-order valence-corrected chi connectivity index (χ2v) is 8.00. The van der Waals surface area contributed by atoms with Crippen LogP contribution in [0.25, 0.3) is 0 Å². The summed E-state index contributed by atoms with van der Waals surface area (Å²) in [5, 5.41) is 0. The molecule has 1 aliphatic rings. The molecular formula is C17H24I2O3. The van der Waals surface area contributed by atoms with E-state index in [2.05, 4.69) is 78.9 Å². The van der Waals surface area contributed by atoms with Gasteiger partial charge >= 0.3 is 0 Å². The van der Waals surface area contributed by atoms with Crippen molar-refractivity contribution in [1.82, 2.24) is 0 Å². The van der Waals surface area contributed by atoms with E-state index >= 15 is 0 Å². The Hall–Kier alpha value is 0.400. The van der Waals surface area contributed by atoms with Crippen molar-refractivity contribution in [1.29, 1.82) is 0 Å². The third kappa shape index (κ3) is 4.27. The second-order valence-electron chi connectivity index (χ2n) is 5.76. The van der Waals surface area contributed by atoms with Gasteiger partial charge in [0, 0.05) is 9.13 Å². The Labute approximate surface area is 160 Å². The predicted molar refractivity (Wildman–Crippen MR) is 105 cm³/mol. The molecule has 1 aromatic carbocycles. The molecule has 0 aromatic heterocycles. The highest BCUT2D eigenvalue weighted by Crippen LogP contribution is 2.40. The van der Waals surface area contributed by atoms with Gasteiger partial charge in [0.25, 0.3) is 0 Å². The highest BCUT2D eigenvalue weighted by Gasteiger charge is 2.31. The lowest BCUT2D eigenvalue weighted by molar-refractivity contribution is -0.244. The first-order chi connectivity index (χ1) is 10.5. The minimum atomic E-state index is -0.294. The largest absolute Gasteiger partial charge is 0.492 e. The first kappa shape index (κ1) is 18.7. The molecule has 3 atom stereocenters. The Morgan fingerprint density at radius 3 is 2.64 bits per heavy atom. The van der Waals surface area contributed by atoms with E-state index in [9.17, 15) is 0 Å². The van der Waals surface area contributed by atoms with Crippen LogP contribution in [0.1, 0.15) is 57.5 Å². The van der Waals surface area contributed by atoms with Crippen molar-refractivity contribution in [3.63, 3.8) is 0 Å². The molecule has 1 heterocycles. The van der Waals surface area contributed by atoms with E-state index in [1.165, 1.54) is 9.13 Å². The van der Waals surface area contributed by atoms with Crippen molar-refractivity contribution in [3.05, 3.63) is 24.3 Å². The number of hydrogen-bond acceptors (Lipinski definition) is 3. The van der Waals surface area contributed by atoms with E-state index in [-0.39, 0.29) is 18.5 Å². The molecule has 2 rings (SSSR count). The molecule has 1 aromatic rings. The molecule has 0 N–H and O–H groups in total. The first-order valence-corrected chi connectivity index (χ1v) is 10.1. The molecule has 0 saturated carbocycles. The zero-order valence-corrected chi connectivity index (χ0v) is 17.9. The molecular weight excluding hydrogens is 506 g/mol. The minimum absolute atomic E-state index is 0.219. The van der Waals surface area contributed by atoms with Gasteiger partial charge < -0.3 is 14.2 Å². The van der Waals surface area contributed by atoms with Gasteiger partial charge in [-0.2, -0.15) is 0 Å². The summed E-state index contributed by atoms with van der Waals surface area (Å²) in [6.07, 6.45) is 3.17. The van der Waals surface area contributed by atoms with Crippen LogP contribution in [0.2, 0.25) is 0 Å². The molecule has 0 bridgehead atoms. The molecule has 5 heteroatoms. The number of halogens is 2. The van der Waals surface area contributed by atoms with Crippen LogP contribution in [0.15, 0.2) is 6.07 Å². The van der Waals surface area contributed by atoms with Gasteiger partial charge in [-0.15, -0.1) is 0 Å². The second kappa shape index (κ2) is 8.48. The molecule has 3 unspecified atom stereocenters. The lowest BCUT2D eigenvalue weighted by Gasteiger charge is -2.35. The Balaban J connectivity index is 2.36. The summed E-state index contributed by atoms with van der Waals surface area (Å²) in [7, 11) is 0. The summed E-state index contributed by atoms with van der Waals surface area (Å²) in [6, 6.07) is 2.16. The monoisotopic (exact) mass is 530 g/mol. The average Bonchev–Trinajstić information content (AvgIpc) is 2.46. The van der Waals surface area contributed by atoms with Crippen molar-refractivity contribution in [3.8, 4) is 5.75 Å². The van der Waals surface area contributed by atoms with Gasteiger partial charge in [-0.3, -0.25) is 0 Å². The third-order valence-electron chi connectivity index (χ3n) is 3.80. The van der Waals surface area contributed by atoms with Crippen LogP contribution >= 0.6 is 45.2 Å². The van der Waals surface area contributed by atoms with Crippen LogP contribution in [0.3, 0.4) is 0 Å². The Kier molecular flexibility index (Phi) is 7.22. The van der Waals surface area contributed by atoms with Crippen LogP contribution in [0, 0.1) is 14.1 Å². The van der Waals surface area contributed by atoms with Gasteiger partial charge in [-0.05, 0) is 89.9 Å². The zero-order valence-electron chi connectivity index (χ0n) is 13.6. The molecule has 0 amide bonds. The molecule has 3 nitrogen and oxygen atoms in total. The molecule has 0 aliphatic carbocycles. The van der Waals surface area contributed by atoms with E-state index in [0.717, 1.165) is 40.8 Å². The predicted octanol–water partition coefficient (Wildman–Crippen LogP) is 5.60. The highest BCUT2D eigenvalue weighted by molar-refractivity contribution is 14.1. The van der Waals surface area contributed by atoms with E-state index in [1.54, 1.807) is 0 Å². The lowest BCUT2D eigenvalue weighted by atomic mass is 10.1. The molecule has 1 aliphatic heterocycles. The van der Waals surface area contributed by atoms with Crippen LogP contribution < -0.4 is 4.74 Å². The van der Waals surface area contributed by atoms with Crippen molar-refractivity contribution < 1.29 is 14.2 Å². The Bertz CT molecular complexity index is 519. The van der Waals surface area contributed by atoms with E-state index < -0.39 is 0 Å². The molecule has 0 spiro atoms. The maximum absolute atomic E-state index is 6.17. The molecule has 0 radical (unpaired) electrons. The van der Waals surface area contributed by atoms with Crippen molar-refractivity contribution in [2.75, 3.05) is 6.61 Å². The number of benzene rings is 1. The van der Waals surface area contributed by atoms with Crippen LogP contribution in [0.5, 0.6) is 5.75 Å². The maximum atomic E-state index is 6.17. The summed E-state index contributed by atoms with van der Waals surface area (Å²) in [6.45, 7) is 9.24. The molecule has 22 heavy (non-hydrogen) atoms. The van der Waals surface area contributed by atoms with Crippen LogP contribution in [-0.2, 0) is 9.47 Å². The molecule has 1 saturated heterocycles. The van der Waals surface area contributed by atoms with E-state index in [1.807, 2.05) is 0 Å². The van der Waals surface area contributed by atoms with Gasteiger partial charge in [0.2, 0.25) is 0 Å². The third-order valence-corrected chi connectivity index (χ3v) is 5.77. The van der Waals surface area contributed by atoms with Crippen LogP contribution in [-0.4, -0.2) is 18.8 Å². The summed E-state index contributed by atoms with van der Waals surface area (Å²) in [5.41, 5.74) is 2.28. The SMILES string of the molecule is CCCOc1c(C)cc(I)c(C2OC(C)CC(CC)O2)c1I. The number of ether oxygens (including phenoxy) is 3. The standard InChI is InChI=1S/C17H24I2O3/c1-5-7-20-16-10(3)8-13(18)14(15(16)19)17-21-11(4)9-12(6-2)22-17/h8,11-12,17H,5-7,9H2,1-4H3. The fraction of sp³-hybridized carbons (Fsp3) is 0.647. The van der Waals surface area contributed by atoms with Crippen molar-refractivity contribution in [2.45, 2.75) is 65.5 Å². The number of rotatable bonds is 5. The van der Waals surface area contributed by atoms with Gasteiger partial charge in [0.1, 0.15) is 5.75 Å². The van der Waals surface area contributed by atoms with Gasteiger partial charge in [0.05, 0.1) is 22.4 Å². The lowest BCUT2D eigenvalue weighted by Crippen LogP contribution is -2.32. The van der Waals surface area contributed by atoms with Gasteiger partial charge in [-0.25, -0.2) is 0 Å². The zero-order chi connectivity index (χ0) is 16.3.